The molecule has 0 unspecified atom stereocenters. The first-order valence-corrected chi connectivity index (χ1v) is 6.39. The number of benzene rings is 1. The van der Waals surface area contributed by atoms with E-state index in [1.165, 1.54) is 0 Å². The summed E-state index contributed by atoms with van der Waals surface area (Å²) in [5.74, 6) is 2.31. The number of aromatic amines is 1. The van der Waals surface area contributed by atoms with Crippen molar-refractivity contribution in [3.05, 3.63) is 34.6 Å². The van der Waals surface area contributed by atoms with E-state index < -0.39 is 0 Å². The van der Waals surface area contributed by atoms with E-state index in [1.807, 2.05) is 19.1 Å². The summed E-state index contributed by atoms with van der Waals surface area (Å²) in [6.07, 6.45) is 0. The lowest BCUT2D eigenvalue weighted by molar-refractivity contribution is 0.414. The van der Waals surface area contributed by atoms with Crippen molar-refractivity contribution in [3.63, 3.8) is 0 Å². The minimum absolute atomic E-state index is 0.698. The third-order valence-corrected chi connectivity index (χ3v) is 3.44. The molecule has 0 aliphatic rings. The molecule has 0 aliphatic carbocycles. The Labute approximate surface area is 109 Å². The third kappa shape index (κ3) is 3.14. The van der Waals surface area contributed by atoms with E-state index in [-0.39, 0.29) is 0 Å². The first kappa shape index (κ1) is 12.3. The fraction of sp³-hybridized carbons (Fsp3) is 0.273. The Bertz CT molecular complexity index is 515. The number of aromatic nitrogens is 3. The number of hydrogen-bond acceptors (Lipinski definition) is 4. The van der Waals surface area contributed by atoms with E-state index >= 15 is 0 Å². The lowest BCUT2D eigenvalue weighted by Gasteiger charge is -2.05. The molecule has 0 saturated carbocycles. The summed E-state index contributed by atoms with van der Waals surface area (Å²) in [6.45, 7) is 1.87. The smallest absolute Gasteiger partial charge is 0.208 e. The van der Waals surface area contributed by atoms with Gasteiger partial charge < -0.3 is 4.74 Å². The van der Waals surface area contributed by atoms with Gasteiger partial charge in [0.05, 0.1) is 7.11 Å². The first-order valence-electron chi connectivity index (χ1n) is 5.03. The summed E-state index contributed by atoms with van der Waals surface area (Å²) in [5, 5.41) is 8.29. The van der Waals surface area contributed by atoms with Crippen LogP contribution in [0.3, 0.4) is 0 Å². The molecule has 0 spiro atoms. The summed E-state index contributed by atoms with van der Waals surface area (Å²) >= 11 is 7.68. The molecule has 2 aromatic rings. The highest BCUT2D eigenvalue weighted by atomic mass is 35.5. The van der Waals surface area contributed by atoms with E-state index in [0.29, 0.717) is 5.02 Å². The maximum atomic E-state index is 6.14. The highest BCUT2D eigenvalue weighted by Crippen LogP contribution is 2.27. The van der Waals surface area contributed by atoms with Crippen LogP contribution in [0.25, 0.3) is 0 Å². The van der Waals surface area contributed by atoms with Gasteiger partial charge >= 0.3 is 0 Å². The molecule has 0 atom stereocenters. The average molecular weight is 270 g/mol. The number of ether oxygens (including phenoxy) is 1. The molecule has 0 aliphatic heterocycles. The first-order chi connectivity index (χ1) is 8.19. The normalized spacial score (nSPS) is 10.5. The lowest BCUT2D eigenvalue weighted by atomic mass is 10.2. The van der Waals surface area contributed by atoms with Gasteiger partial charge in [0.2, 0.25) is 5.16 Å². The Morgan fingerprint density at radius 3 is 2.88 bits per heavy atom. The number of H-pyrrole nitrogens is 1. The van der Waals surface area contributed by atoms with E-state index in [4.69, 9.17) is 16.3 Å². The predicted octanol–water partition coefficient (Wildman–Crippen LogP) is 3.07. The molecule has 1 N–H and O–H groups in total. The molecule has 1 aromatic heterocycles. The number of hydrogen-bond donors (Lipinski definition) is 1. The topological polar surface area (TPSA) is 50.8 Å². The Hall–Kier alpha value is -1.20. The molecule has 1 aromatic carbocycles. The van der Waals surface area contributed by atoms with Crippen LogP contribution in [0.15, 0.2) is 23.4 Å². The van der Waals surface area contributed by atoms with Gasteiger partial charge in [-0.1, -0.05) is 29.4 Å². The van der Waals surface area contributed by atoms with Gasteiger partial charge in [-0.2, -0.15) is 0 Å². The Morgan fingerprint density at radius 2 is 2.29 bits per heavy atom. The van der Waals surface area contributed by atoms with Crippen LogP contribution in [0.2, 0.25) is 5.02 Å². The summed E-state index contributed by atoms with van der Waals surface area (Å²) < 4.78 is 5.10. The Morgan fingerprint density at radius 1 is 1.47 bits per heavy atom. The lowest BCUT2D eigenvalue weighted by Crippen LogP contribution is -1.87. The number of halogens is 1. The van der Waals surface area contributed by atoms with Gasteiger partial charge in [-0.25, -0.2) is 4.98 Å². The van der Waals surface area contributed by atoms with Crippen LogP contribution >= 0.6 is 23.4 Å². The van der Waals surface area contributed by atoms with Gasteiger partial charge in [0.1, 0.15) is 11.6 Å². The summed E-state index contributed by atoms with van der Waals surface area (Å²) in [7, 11) is 1.62. The van der Waals surface area contributed by atoms with Gasteiger partial charge in [0, 0.05) is 10.8 Å². The SMILES string of the molecule is COc1ccc(CSc2n[nH]c(C)n2)c(Cl)c1. The minimum Gasteiger partial charge on any atom is -0.497 e. The van der Waals surface area contributed by atoms with E-state index in [9.17, 15) is 0 Å². The van der Waals surface area contributed by atoms with Crippen LogP contribution in [0, 0.1) is 6.92 Å². The van der Waals surface area contributed by atoms with Crippen LogP contribution in [0.5, 0.6) is 5.75 Å². The standard InChI is InChI=1S/C11H12ClN3OS/c1-7-13-11(15-14-7)17-6-8-3-4-9(16-2)5-10(8)12/h3-5H,6H2,1-2H3,(H,13,14,15). The van der Waals surface area contributed by atoms with Crippen molar-refractivity contribution in [2.75, 3.05) is 7.11 Å². The zero-order valence-corrected chi connectivity index (χ0v) is 11.1. The van der Waals surface area contributed by atoms with Crippen LogP contribution in [0.1, 0.15) is 11.4 Å². The molecule has 0 fully saturated rings. The molecule has 6 heteroatoms. The summed E-state index contributed by atoms with van der Waals surface area (Å²) in [4.78, 5) is 4.22. The fourth-order valence-electron chi connectivity index (χ4n) is 1.30. The fourth-order valence-corrected chi connectivity index (χ4v) is 2.47. The second-order valence-corrected chi connectivity index (χ2v) is 4.80. The molecule has 17 heavy (non-hydrogen) atoms. The van der Waals surface area contributed by atoms with Crippen molar-refractivity contribution in [2.45, 2.75) is 17.8 Å². The molecular weight excluding hydrogens is 258 g/mol. The molecule has 0 radical (unpaired) electrons. The highest BCUT2D eigenvalue weighted by molar-refractivity contribution is 7.98. The predicted molar refractivity (Wildman–Crippen MR) is 68.7 cm³/mol. The van der Waals surface area contributed by atoms with Crippen molar-refractivity contribution >= 4 is 23.4 Å². The Kier molecular flexibility index (Phi) is 3.91. The van der Waals surface area contributed by atoms with E-state index in [1.54, 1.807) is 24.9 Å². The molecule has 1 heterocycles. The van der Waals surface area contributed by atoms with E-state index in [2.05, 4.69) is 15.2 Å². The number of nitrogens with zero attached hydrogens (tertiary/aromatic N) is 2. The highest BCUT2D eigenvalue weighted by Gasteiger charge is 2.05. The summed E-state index contributed by atoms with van der Waals surface area (Å²) in [5.41, 5.74) is 1.04. The molecule has 90 valence electrons. The van der Waals surface area contributed by atoms with Gasteiger partial charge in [-0.05, 0) is 24.6 Å². The molecule has 0 bridgehead atoms. The monoisotopic (exact) mass is 269 g/mol. The van der Waals surface area contributed by atoms with Crippen LogP contribution in [-0.4, -0.2) is 22.3 Å². The molecule has 0 amide bonds. The second kappa shape index (κ2) is 5.42. The number of rotatable bonds is 4. The van der Waals surface area contributed by atoms with Gasteiger partial charge in [0.25, 0.3) is 0 Å². The number of thioether (sulfide) groups is 1. The van der Waals surface area contributed by atoms with Crippen molar-refractivity contribution in [1.29, 1.82) is 0 Å². The van der Waals surface area contributed by atoms with E-state index in [0.717, 1.165) is 28.0 Å². The number of methoxy groups -OCH3 is 1. The number of aryl methyl sites for hydroxylation is 1. The van der Waals surface area contributed by atoms with Gasteiger partial charge in [0.15, 0.2) is 0 Å². The average Bonchev–Trinajstić information content (AvgIpc) is 2.73. The summed E-state index contributed by atoms with van der Waals surface area (Å²) in [6, 6.07) is 5.65. The molecule has 4 nitrogen and oxygen atoms in total. The number of nitrogens with one attached hydrogen (secondary N) is 1. The van der Waals surface area contributed by atoms with Crippen LogP contribution < -0.4 is 4.74 Å². The maximum Gasteiger partial charge on any atom is 0.208 e. The quantitative estimate of drug-likeness (QED) is 0.867. The minimum atomic E-state index is 0.698. The molecule has 0 saturated heterocycles. The van der Waals surface area contributed by atoms with Gasteiger partial charge in [-0.15, -0.1) is 5.10 Å². The van der Waals surface area contributed by atoms with Crippen molar-refractivity contribution in [2.24, 2.45) is 0 Å². The van der Waals surface area contributed by atoms with Crippen molar-refractivity contribution in [3.8, 4) is 5.75 Å². The third-order valence-electron chi connectivity index (χ3n) is 2.19. The zero-order chi connectivity index (χ0) is 12.3. The zero-order valence-electron chi connectivity index (χ0n) is 9.53. The van der Waals surface area contributed by atoms with Crippen molar-refractivity contribution < 1.29 is 4.74 Å². The van der Waals surface area contributed by atoms with Crippen LogP contribution in [-0.2, 0) is 5.75 Å². The Balaban J connectivity index is 2.04. The maximum absolute atomic E-state index is 6.14. The van der Waals surface area contributed by atoms with Crippen LogP contribution in [0.4, 0.5) is 0 Å². The van der Waals surface area contributed by atoms with Gasteiger partial charge in [-0.3, -0.25) is 5.10 Å². The van der Waals surface area contributed by atoms with Crippen molar-refractivity contribution in [1.82, 2.24) is 15.2 Å². The molecular formula is C11H12ClN3OS. The molecule has 2 rings (SSSR count). The second-order valence-electron chi connectivity index (χ2n) is 3.45. The largest absolute Gasteiger partial charge is 0.497 e.